The van der Waals surface area contributed by atoms with Gasteiger partial charge in [0.25, 0.3) is 0 Å². The minimum Gasteiger partial charge on any atom is -0.542 e. The van der Waals surface area contributed by atoms with Crippen molar-refractivity contribution in [1.82, 2.24) is 25.1 Å². The summed E-state index contributed by atoms with van der Waals surface area (Å²) in [6.07, 6.45) is -2.95. The van der Waals surface area contributed by atoms with Crippen LogP contribution in [0.15, 0.2) is 48.5 Å². The molecule has 0 saturated carbocycles. The smallest absolute Gasteiger partial charge is 0.542 e. The molecule has 2 heterocycles. The Morgan fingerprint density at radius 2 is 1.74 bits per heavy atom. The van der Waals surface area contributed by atoms with Gasteiger partial charge in [0.15, 0.2) is 0 Å². The molecule has 4 rings (SSSR count). The van der Waals surface area contributed by atoms with E-state index in [-0.39, 0.29) is 17.4 Å². The fraction of sp³-hybridized carbons (Fsp3) is 0.480. The van der Waals surface area contributed by atoms with Crippen LogP contribution in [-0.4, -0.2) is 58.7 Å². The monoisotopic (exact) mass is 551 g/mol. The highest BCUT2D eigenvalue weighted by Gasteiger charge is 2.31. The number of piperidine rings is 1. The van der Waals surface area contributed by atoms with E-state index in [2.05, 4.69) is 29.8 Å². The van der Waals surface area contributed by atoms with Crippen molar-refractivity contribution in [3.05, 3.63) is 64.4 Å². The zero-order valence-electron chi connectivity index (χ0n) is 21.2. The van der Waals surface area contributed by atoms with Gasteiger partial charge in [-0.1, -0.05) is 60.8 Å². The predicted molar refractivity (Wildman–Crippen MR) is 136 cm³/mol. The number of ether oxygens (including phenoxy) is 1. The number of benzene rings is 2. The van der Waals surface area contributed by atoms with Crippen molar-refractivity contribution in [3.63, 3.8) is 0 Å². The van der Waals surface area contributed by atoms with Gasteiger partial charge in [0.05, 0.1) is 17.1 Å². The lowest BCUT2D eigenvalue weighted by atomic mass is 9.86. The summed E-state index contributed by atoms with van der Waals surface area (Å²) < 4.78 is 71.0. The molecule has 0 radical (unpaired) electrons. The first-order valence-electron chi connectivity index (χ1n) is 12.4. The molecule has 206 valence electrons. The number of alkyl halides is 3. The highest BCUT2D eigenvalue weighted by molar-refractivity contribution is 7.93. The average molecular weight is 552 g/mol. The Morgan fingerprint density at radius 3 is 2.29 bits per heavy atom. The molecule has 1 unspecified atom stereocenters. The molecule has 38 heavy (non-hydrogen) atoms. The Bertz CT molecular complexity index is 1290. The van der Waals surface area contributed by atoms with Crippen molar-refractivity contribution in [2.45, 2.75) is 45.1 Å². The Labute approximate surface area is 220 Å². The van der Waals surface area contributed by atoms with Gasteiger partial charge in [-0.2, -0.15) is 4.80 Å². The number of nitrogens with zero attached hydrogens (tertiary/aromatic N) is 6. The van der Waals surface area contributed by atoms with E-state index in [9.17, 15) is 21.6 Å². The number of sulfonamides is 1. The van der Waals surface area contributed by atoms with Crippen LogP contribution in [-0.2, 0) is 23.6 Å². The number of aromatic nitrogens is 4. The molecule has 9 nitrogen and oxygen atoms in total. The predicted octanol–water partition coefficient (Wildman–Crippen LogP) is 4.84. The standard InChI is InChI=1S/C25H30F3N6O3S/c1-3-16-38(35,36)31-23(19-8-10-22(11-9-19)37-25(26,27)28)20-12-14-34(15-13-20)17-18-4-6-21(7-5-18)24-29-32-33(2)30-24/h4-11,20,23H,3,12-17H2,1-2H3/q-1. The first kappa shape index (κ1) is 28.0. The van der Waals surface area contributed by atoms with Crippen LogP contribution < -0.4 is 4.74 Å². The molecule has 3 aromatic rings. The summed E-state index contributed by atoms with van der Waals surface area (Å²) in [7, 11) is -1.96. The molecular formula is C25H30F3N6O3S-. The number of hydrogen-bond donors (Lipinski definition) is 0. The van der Waals surface area contributed by atoms with Gasteiger partial charge in [0.2, 0.25) is 5.82 Å². The van der Waals surface area contributed by atoms with Gasteiger partial charge >= 0.3 is 6.36 Å². The lowest BCUT2D eigenvalue weighted by Crippen LogP contribution is -2.35. The number of rotatable bonds is 10. The van der Waals surface area contributed by atoms with Crippen molar-refractivity contribution in [1.29, 1.82) is 0 Å². The molecule has 0 aliphatic carbocycles. The van der Waals surface area contributed by atoms with Gasteiger partial charge < -0.3 is 9.46 Å². The third-order valence-corrected chi connectivity index (χ3v) is 7.87. The third kappa shape index (κ3) is 7.74. The van der Waals surface area contributed by atoms with Gasteiger partial charge in [-0.25, -0.2) is 8.42 Å². The maximum absolute atomic E-state index is 12.6. The summed E-state index contributed by atoms with van der Waals surface area (Å²) in [5.41, 5.74) is 2.57. The maximum Gasteiger partial charge on any atom is 0.573 e. The second-order valence-electron chi connectivity index (χ2n) is 9.37. The quantitative estimate of drug-likeness (QED) is 0.355. The molecular weight excluding hydrogens is 521 g/mol. The molecule has 1 atom stereocenters. The molecule has 0 N–H and O–H groups in total. The summed E-state index contributed by atoms with van der Waals surface area (Å²) in [4.78, 5) is 3.70. The average Bonchev–Trinajstić information content (AvgIpc) is 3.29. The van der Waals surface area contributed by atoms with Crippen molar-refractivity contribution in [3.8, 4) is 17.1 Å². The lowest BCUT2D eigenvalue weighted by Gasteiger charge is -2.43. The highest BCUT2D eigenvalue weighted by atomic mass is 32.2. The number of hydrogen-bond acceptors (Lipinski definition) is 7. The topological polar surface area (TPSA) is 104 Å². The second-order valence-corrected chi connectivity index (χ2v) is 11.1. The van der Waals surface area contributed by atoms with Gasteiger partial charge in [0.1, 0.15) is 5.75 Å². The van der Waals surface area contributed by atoms with Gasteiger partial charge in [0, 0.05) is 17.9 Å². The normalized spacial score (nSPS) is 16.4. The van der Waals surface area contributed by atoms with Gasteiger partial charge in [-0.3, -0.25) is 4.90 Å². The molecule has 1 saturated heterocycles. The number of tetrazole rings is 1. The van der Waals surface area contributed by atoms with E-state index in [0.717, 1.165) is 30.8 Å². The van der Waals surface area contributed by atoms with Crippen LogP contribution in [0.2, 0.25) is 0 Å². The summed E-state index contributed by atoms with van der Waals surface area (Å²) >= 11 is 0. The van der Waals surface area contributed by atoms with Crippen LogP contribution in [0.1, 0.15) is 43.4 Å². The van der Waals surface area contributed by atoms with Crippen molar-refractivity contribution in [2.24, 2.45) is 13.0 Å². The Hall–Kier alpha value is -3.03. The minimum atomic E-state index is -4.80. The lowest BCUT2D eigenvalue weighted by molar-refractivity contribution is -0.274. The second kappa shape index (κ2) is 11.8. The molecule has 0 bridgehead atoms. The van der Waals surface area contributed by atoms with Crippen LogP contribution in [0.5, 0.6) is 5.75 Å². The Balaban J connectivity index is 1.41. The summed E-state index contributed by atoms with van der Waals surface area (Å²) in [5.74, 6) is 0.0768. The van der Waals surface area contributed by atoms with E-state index < -0.39 is 22.4 Å². The molecule has 2 aromatic carbocycles. The molecule has 0 amide bonds. The largest absolute Gasteiger partial charge is 0.573 e. The molecule has 1 aliphatic rings. The highest BCUT2D eigenvalue weighted by Crippen LogP contribution is 2.40. The van der Waals surface area contributed by atoms with E-state index in [1.807, 2.05) is 24.3 Å². The number of halogens is 3. The van der Waals surface area contributed by atoms with Crippen LogP contribution in [0, 0.1) is 5.92 Å². The van der Waals surface area contributed by atoms with Gasteiger partial charge in [-0.15, -0.1) is 23.4 Å². The van der Waals surface area contributed by atoms with Crippen LogP contribution in [0.25, 0.3) is 16.1 Å². The van der Waals surface area contributed by atoms with Gasteiger partial charge in [-0.05, 0) is 55.3 Å². The van der Waals surface area contributed by atoms with Crippen LogP contribution in [0.3, 0.4) is 0 Å². The summed E-state index contributed by atoms with van der Waals surface area (Å²) in [6.45, 7) is 3.99. The molecule has 1 aliphatic heterocycles. The van der Waals surface area contributed by atoms with Crippen LogP contribution in [0.4, 0.5) is 13.2 Å². The fourth-order valence-electron chi connectivity index (χ4n) is 4.61. The number of aryl methyl sites for hydroxylation is 1. The molecule has 0 spiro atoms. The molecule has 1 aromatic heterocycles. The maximum atomic E-state index is 12.6. The van der Waals surface area contributed by atoms with E-state index in [0.29, 0.717) is 30.7 Å². The SMILES string of the molecule is CCCS(=O)(=O)[N-]C(c1ccc(OC(F)(F)F)cc1)C1CCN(Cc2ccc(-c3nnn(C)n3)cc2)CC1. The van der Waals surface area contributed by atoms with E-state index in [1.54, 1.807) is 14.0 Å². The fourth-order valence-corrected chi connectivity index (χ4v) is 5.87. The van der Waals surface area contributed by atoms with Crippen molar-refractivity contribution in [2.75, 3.05) is 18.8 Å². The number of likely N-dealkylation sites (tertiary alicyclic amines) is 1. The molecule has 1 fully saturated rings. The van der Waals surface area contributed by atoms with Crippen molar-refractivity contribution >= 4 is 10.0 Å². The minimum absolute atomic E-state index is 0.0580. The van der Waals surface area contributed by atoms with E-state index in [1.165, 1.54) is 29.1 Å². The Kier molecular flexibility index (Phi) is 8.68. The zero-order chi connectivity index (χ0) is 27.3. The summed E-state index contributed by atoms with van der Waals surface area (Å²) in [5, 5.41) is 12.1. The first-order chi connectivity index (χ1) is 18.0. The third-order valence-electron chi connectivity index (χ3n) is 6.40. The molecule has 13 heteroatoms. The van der Waals surface area contributed by atoms with Crippen molar-refractivity contribution < 1.29 is 26.3 Å². The van der Waals surface area contributed by atoms with Crippen LogP contribution >= 0.6 is 0 Å². The van der Waals surface area contributed by atoms with E-state index in [4.69, 9.17) is 0 Å². The first-order valence-corrected chi connectivity index (χ1v) is 14.0. The Morgan fingerprint density at radius 1 is 1.08 bits per heavy atom. The zero-order valence-corrected chi connectivity index (χ0v) is 22.0. The van der Waals surface area contributed by atoms with E-state index >= 15 is 0 Å². The summed E-state index contributed by atoms with van der Waals surface area (Å²) in [6, 6.07) is 12.6.